The maximum atomic E-state index is 12.0. The molecule has 0 fully saturated rings. The Morgan fingerprint density at radius 1 is 0.731 bits per heavy atom. The van der Waals surface area contributed by atoms with Crippen molar-refractivity contribution in [1.29, 1.82) is 0 Å². The maximum absolute atomic E-state index is 12.0. The number of carbonyl (C=O) groups excluding carboxylic acids is 2. The van der Waals surface area contributed by atoms with E-state index < -0.39 is 11.9 Å². The van der Waals surface area contributed by atoms with Gasteiger partial charge in [-0.2, -0.15) is 0 Å². The molecule has 0 N–H and O–H groups in total. The number of nitrogens with zero attached hydrogens (tertiary/aromatic N) is 1. The number of hydrogen-bond donors (Lipinski definition) is 0. The number of ether oxygens (including phenoxy) is 2. The van der Waals surface area contributed by atoms with Crippen LogP contribution in [0.3, 0.4) is 0 Å². The number of carbonyl (C=O) groups is 2. The predicted octanol–water partition coefficient (Wildman–Crippen LogP) is 5.34. The Balaban J connectivity index is 2.34. The summed E-state index contributed by atoms with van der Waals surface area (Å²) >= 11 is 0. The fraction of sp³-hybridized carbons (Fsp3) is 0.667. The third-order valence-corrected chi connectivity index (χ3v) is 4.13. The molecule has 0 aromatic carbocycles. The molecule has 1 aromatic heterocycles. The van der Waals surface area contributed by atoms with E-state index in [2.05, 4.69) is 18.8 Å². The van der Waals surface area contributed by atoms with Crippen LogP contribution < -0.4 is 0 Å². The van der Waals surface area contributed by atoms with Crippen LogP contribution in [0.5, 0.6) is 0 Å². The third kappa shape index (κ3) is 9.54. The lowest BCUT2D eigenvalue weighted by Gasteiger charge is -2.07. The largest absolute Gasteiger partial charge is 0.461 e. The number of hydrogen-bond acceptors (Lipinski definition) is 5. The number of esters is 2. The highest BCUT2D eigenvalue weighted by molar-refractivity contribution is 5.91. The second-order valence-electron chi connectivity index (χ2n) is 6.51. The molecular formula is C21H33NO4. The molecular weight excluding hydrogens is 330 g/mol. The van der Waals surface area contributed by atoms with E-state index in [0.29, 0.717) is 13.2 Å². The van der Waals surface area contributed by atoms with Crippen LogP contribution in [0.1, 0.15) is 99.0 Å². The van der Waals surface area contributed by atoms with E-state index in [1.165, 1.54) is 25.7 Å². The first-order valence-corrected chi connectivity index (χ1v) is 10.00. The summed E-state index contributed by atoms with van der Waals surface area (Å²) in [6.07, 6.45) is 10.9. The molecule has 0 unspecified atom stereocenters. The fourth-order valence-electron chi connectivity index (χ4n) is 2.55. The monoisotopic (exact) mass is 363 g/mol. The molecule has 5 nitrogen and oxygen atoms in total. The number of rotatable bonds is 14. The number of aromatic nitrogens is 1. The average molecular weight is 363 g/mol. The zero-order valence-electron chi connectivity index (χ0n) is 16.3. The fourth-order valence-corrected chi connectivity index (χ4v) is 2.55. The van der Waals surface area contributed by atoms with Gasteiger partial charge in [-0.15, -0.1) is 0 Å². The van der Waals surface area contributed by atoms with Crippen LogP contribution in [0.4, 0.5) is 0 Å². The summed E-state index contributed by atoms with van der Waals surface area (Å²) < 4.78 is 10.5. The van der Waals surface area contributed by atoms with Crippen LogP contribution in [0, 0.1) is 0 Å². The molecule has 0 radical (unpaired) electrons. The van der Waals surface area contributed by atoms with Crippen LogP contribution in [0.25, 0.3) is 0 Å². The normalized spacial score (nSPS) is 10.5. The van der Waals surface area contributed by atoms with Gasteiger partial charge in [0.2, 0.25) is 0 Å². The highest BCUT2D eigenvalue weighted by Crippen LogP contribution is 2.07. The minimum atomic E-state index is -0.491. The highest BCUT2D eigenvalue weighted by Gasteiger charge is 2.14. The van der Waals surface area contributed by atoms with Gasteiger partial charge in [-0.1, -0.05) is 71.3 Å². The van der Waals surface area contributed by atoms with Gasteiger partial charge in [0.15, 0.2) is 0 Å². The van der Waals surface area contributed by atoms with Gasteiger partial charge < -0.3 is 9.47 Å². The van der Waals surface area contributed by atoms with Gasteiger partial charge in [0.1, 0.15) is 11.4 Å². The zero-order chi connectivity index (χ0) is 19.0. The first kappa shape index (κ1) is 22.1. The first-order valence-electron chi connectivity index (χ1n) is 10.00. The van der Waals surface area contributed by atoms with Gasteiger partial charge >= 0.3 is 11.9 Å². The molecule has 1 rings (SSSR count). The van der Waals surface area contributed by atoms with E-state index in [4.69, 9.17) is 9.47 Å². The van der Waals surface area contributed by atoms with Gasteiger partial charge in [0, 0.05) is 0 Å². The van der Waals surface area contributed by atoms with Crippen LogP contribution in [0.2, 0.25) is 0 Å². The highest BCUT2D eigenvalue weighted by atomic mass is 16.5. The maximum Gasteiger partial charge on any atom is 0.356 e. The minimum Gasteiger partial charge on any atom is -0.461 e. The Morgan fingerprint density at radius 3 is 1.58 bits per heavy atom. The van der Waals surface area contributed by atoms with Crippen molar-refractivity contribution < 1.29 is 19.1 Å². The van der Waals surface area contributed by atoms with Crippen molar-refractivity contribution in [2.45, 2.75) is 78.1 Å². The van der Waals surface area contributed by atoms with E-state index in [1.54, 1.807) is 18.2 Å². The molecule has 26 heavy (non-hydrogen) atoms. The van der Waals surface area contributed by atoms with Crippen molar-refractivity contribution in [2.75, 3.05) is 13.2 Å². The molecule has 146 valence electrons. The Morgan fingerprint density at radius 2 is 1.15 bits per heavy atom. The molecule has 1 aromatic rings. The molecule has 0 saturated carbocycles. The topological polar surface area (TPSA) is 65.5 Å². The average Bonchev–Trinajstić information content (AvgIpc) is 2.67. The lowest BCUT2D eigenvalue weighted by atomic mass is 10.2. The molecule has 0 aliphatic rings. The van der Waals surface area contributed by atoms with Crippen LogP contribution in [-0.4, -0.2) is 30.1 Å². The van der Waals surface area contributed by atoms with Crippen molar-refractivity contribution in [3.8, 4) is 0 Å². The lowest BCUT2D eigenvalue weighted by Crippen LogP contribution is -2.13. The third-order valence-electron chi connectivity index (χ3n) is 4.13. The minimum absolute atomic E-state index is 0.149. The summed E-state index contributed by atoms with van der Waals surface area (Å²) in [6.45, 7) is 5.10. The Labute approximate surface area is 157 Å². The van der Waals surface area contributed by atoms with Crippen molar-refractivity contribution in [2.24, 2.45) is 0 Å². The second kappa shape index (κ2) is 14.3. The van der Waals surface area contributed by atoms with Crippen molar-refractivity contribution in [3.63, 3.8) is 0 Å². The zero-order valence-corrected chi connectivity index (χ0v) is 16.3. The van der Waals surface area contributed by atoms with Gasteiger partial charge in [0.05, 0.1) is 13.2 Å². The molecule has 0 saturated heterocycles. The van der Waals surface area contributed by atoms with Crippen molar-refractivity contribution in [1.82, 2.24) is 4.98 Å². The summed E-state index contributed by atoms with van der Waals surface area (Å²) in [5, 5.41) is 0. The summed E-state index contributed by atoms with van der Waals surface area (Å²) in [5.41, 5.74) is 0.298. The van der Waals surface area contributed by atoms with Gasteiger partial charge in [-0.05, 0) is 25.0 Å². The predicted molar refractivity (Wildman–Crippen MR) is 102 cm³/mol. The summed E-state index contributed by atoms with van der Waals surface area (Å²) in [4.78, 5) is 28.1. The van der Waals surface area contributed by atoms with Crippen LogP contribution in [-0.2, 0) is 9.47 Å². The molecule has 0 aliphatic carbocycles. The molecule has 0 atom stereocenters. The standard InChI is InChI=1S/C21H33NO4/c1-3-5-7-9-11-16-25-20(23)18-14-13-15-19(22-18)21(24)26-17-12-10-8-6-4-2/h13-15H,3-12,16-17H2,1-2H3. The van der Waals surface area contributed by atoms with Crippen molar-refractivity contribution in [3.05, 3.63) is 29.6 Å². The van der Waals surface area contributed by atoms with Gasteiger partial charge in [-0.25, -0.2) is 14.6 Å². The van der Waals surface area contributed by atoms with E-state index >= 15 is 0 Å². The Hall–Kier alpha value is -1.91. The SMILES string of the molecule is CCCCCCCOC(=O)c1cccc(C(=O)OCCCCCCC)n1. The summed E-state index contributed by atoms with van der Waals surface area (Å²) in [6, 6.07) is 4.74. The molecule has 5 heteroatoms. The lowest BCUT2D eigenvalue weighted by molar-refractivity contribution is 0.0482. The van der Waals surface area contributed by atoms with Crippen LogP contribution >= 0.6 is 0 Å². The van der Waals surface area contributed by atoms with Crippen molar-refractivity contribution >= 4 is 11.9 Å². The van der Waals surface area contributed by atoms with Crippen LogP contribution in [0.15, 0.2) is 18.2 Å². The number of unbranched alkanes of at least 4 members (excludes halogenated alkanes) is 8. The Bertz CT molecular complexity index is 487. The summed E-state index contributed by atoms with van der Waals surface area (Å²) in [5.74, 6) is -0.982. The molecule has 0 amide bonds. The number of pyridine rings is 1. The van der Waals surface area contributed by atoms with E-state index in [1.807, 2.05) is 0 Å². The molecule has 0 aliphatic heterocycles. The van der Waals surface area contributed by atoms with Gasteiger partial charge in [0.25, 0.3) is 0 Å². The molecule has 0 bridgehead atoms. The van der Waals surface area contributed by atoms with E-state index in [-0.39, 0.29) is 11.4 Å². The first-order chi connectivity index (χ1) is 12.7. The van der Waals surface area contributed by atoms with Gasteiger partial charge in [-0.3, -0.25) is 0 Å². The Kier molecular flexibility index (Phi) is 12.2. The molecule has 0 spiro atoms. The smallest absolute Gasteiger partial charge is 0.356 e. The second-order valence-corrected chi connectivity index (χ2v) is 6.51. The van der Waals surface area contributed by atoms with E-state index in [0.717, 1.165) is 38.5 Å². The van der Waals surface area contributed by atoms with E-state index in [9.17, 15) is 9.59 Å². The summed E-state index contributed by atoms with van der Waals surface area (Å²) in [7, 11) is 0. The molecule has 1 heterocycles. The quantitative estimate of drug-likeness (QED) is 0.330.